The maximum absolute atomic E-state index is 5.73. The van der Waals surface area contributed by atoms with Crippen molar-refractivity contribution in [3.63, 3.8) is 0 Å². The number of nitrogens with zero attached hydrogens (tertiary/aromatic N) is 2. The molecule has 0 saturated heterocycles. The second-order valence-electron chi connectivity index (χ2n) is 6.43. The Kier molecular flexibility index (Phi) is 9.87. The van der Waals surface area contributed by atoms with Gasteiger partial charge in [0, 0.05) is 24.6 Å². The molecule has 27 heavy (non-hydrogen) atoms. The van der Waals surface area contributed by atoms with Crippen molar-refractivity contribution in [1.82, 2.24) is 15.6 Å². The number of thiazole rings is 1. The summed E-state index contributed by atoms with van der Waals surface area (Å²) < 4.78 is 5.73. The normalized spacial score (nSPS) is 11.6. The molecule has 0 radical (unpaired) electrons. The van der Waals surface area contributed by atoms with Gasteiger partial charge in [0.15, 0.2) is 5.96 Å². The van der Waals surface area contributed by atoms with Crippen molar-refractivity contribution in [2.45, 2.75) is 46.6 Å². The summed E-state index contributed by atoms with van der Waals surface area (Å²) >= 11 is 1.72. The minimum Gasteiger partial charge on any atom is -0.381 e. The van der Waals surface area contributed by atoms with Gasteiger partial charge in [0.25, 0.3) is 0 Å². The third-order valence-corrected chi connectivity index (χ3v) is 5.23. The standard InChI is InChI=1S/C21H32N4OS/c1-4-22-21(24-16-20-25-17(2)18(3)27-20)23-13-8-9-14-26-15-12-19-10-6-5-7-11-19/h5-7,10-11H,4,8-9,12-16H2,1-3H3,(H2,22,23,24). The Morgan fingerprint density at radius 1 is 1.11 bits per heavy atom. The third-order valence-electron chi connectivity index (χ3n) is 4.18. The number of rotatable bonds is 11. The van der Waals surface area contributed by atoms with E-state index in [1.165, 1.54) is 10.4 Å². The summed E-state index contributed by atoms with van der Waals surface area (Å²) in [5.41, 5.74) is 2.44. The van der Waals surface area contributed by atoms with Gasteiger partial charge in [-0.3, -0.25) is 0 Å². The number of hydrogen-bond donors (Lipinski definition) is 2. The highest BCUT2D eigenvalue weighted by Crippen LogP contribution is 2.16. The fourth-order valence-corrected chi connectivity index (χ4v) is 3.43. The molecular formula is C21H32N4OS. The van der Waals surface area contributed by atoms with Crippen LogP contribution < -0.4 is 10.6 Å². The molecule has 0 fully saturated rings. The average Bonchev–Trinajstić information content (AvgIpc) is 3.00. The zero-order chi connectivity index (χ0) is 19.3. The van der Waals surface area contributed by atoms with Crippen molar-refractivity contribution in [1.29, 1.82) is 0 Å². The van der Waals surface area contributed by atoms with Crippen molar-refractivity contribution in [3.05, 3.63) is 51.5 Å². The fourth-order valence-electron chi connectivity index (χ4n) is 2.57. The molecule has 1 heterocycles. The van der Waals surface area contributed by atoms with Crippen molar-refractivity contribution in [2.24, 2.45) is 4.99 Å². The SMILES string of the molecule is CCNC(=NCc1nc(C)c(C)s1)NCCCCOCCc1ccccc1. The lowest BCUT2D eigenvalue weighted by Gasteiger charge is -2.11. The number of hydrogen-bond acceptors (Lipinski definition) is 4. The quantitative estimate of drug-likeness (QED) is 0.349. The van der Waals surface area contributed by atoms with Crippen LogP contribution in [0.2, 0.25) is 0 Å². The zero-order valence-corrected chi connectivity index (χ0v) is 17.6. The van der Waals surface area contributed by atoms with Gasteiger partial charge < -0.3 is 15.4 Å². The highest BCUT2D eigenvalue weighted by Gasteiger charge is 2.03. The van der Waals surface area contributed by atoms with Gasteiger partial charge in [-0.15, -0.1) is 11.3 Å². The lowest BCUT2D eigenvalue weighted by atomic mass is 10.2. The molecule has 1 aromatic carbocycles. The van der Waals surface area contributed by atoms with E-state index in [0.717, 1.165) is 62.2 Å². The van der Waals surface area contributed by atoms with E-state index in [4.69, 9.17) is 4.74 Å². The van der Waals surface area contributed by atoms with Crippen LogP contribution in [0.4, 0.5) is 0 Å². The Hall–Kier alpha value is -1.92. The van der Waals surface area contributed by atoms with E-state index in [0.29, 0.717) is 6.54 Å². The molecule has 0 saturated carbocycles. The number of benzene rings is 1. The summed E-state index contributed by atoms with van der Waals surface area (Å²) in [6, 6.07) is 10.5. The first kappa shape index (κ1) is 21.4. The topological polar surface area (TPSA) is 58.5 Å². The first-order valence-electron chi connectivity index (χ1n) is 9.75. The van der Waals surface area contributed by atoms with Crippen LogP contribution in [0.15, 0.2) is 35.3 Å². The first-order valence-corrected chi connectivity index (χ1v) is 10.6. The Labute approximate surface area is 167 Å². The van der Waals surface area contributed by atoms with Gasteiger partial charge >= 0.3 is 0 Å². The van der Waals surface area contributed by atoms with E-state index in [1.807, 2.05) is 13.0 Å². The van der Waals surface area contributed by atoms with Gasteiger partial charge in [-0.2, -0.15) is 0 Å². The molecule has 5 nitrogen and oxygen atoms in total. The predicted molar refractivity (Wildman–Crippen MR) is 115 cm³/mol. The zero-order valence-electron chi connectivity index (χ0n) is 16.8. The molecule has 2 aromatic rings. The molecule has 0 unspecified atom stereocenters. The molecule has 2 rings (SSSR count). The van der Waals surface area contributed by atoms with Crippen LogP contribution in [-0.2, 0) is 17.7 Å². The summed E-state index contributed by atoms with van der Waals surface area (Å²) in [4.78, 5) is 10.4. The minimum absolute atomic E-state index is 0.622. The van der Waals surface area contributed by atoms with Gasteiger partial charge in [0.2, 0.25) is 0 Å². The average molecular weight is 389 g/mol. The van der Waals surface area contributed by atoms with Crippen LogP contribution in [0, 0.1) is 13.8 Å². The number of aliphatic imine (C=N–C) groups is 1. The van der Waals surface area contributed by atoms with Crippen LogP contribution in [0.25, 0.3) is 0 Å². The van der Waals surface area contributed by atoms with Crippen molar-refractivity contribution in [2.75, 3.05) is 26.3 Å². The van der Waals surface area contributed by atoms with Gasteiger partial charge in [0.1, 0.15) is 5.01 Å². The molecule has 6 heteroatoms. The van der Waals surface area contributed by atoms with Crippen LogP contribution >= 0.6 is 11.3 Å². The minimum atomic E-state index is 0.622. The molecule has 0 spiro atoms. The van der Waals surface area contributed by atoms with E-state index in [1.54, 1.807) is 11.3 Å². The smallest absolute Gasteiger partial charge is 0.191 e. The van der Waals surface area contributed by atoms with Crippen LogP contribution in [0.3, 0.4) is 0 Å². The Morgan fingerprint density at radius 3 is 2.63 bits per heavy atom. The monoisotopic (exact) mass is 388 g/mol. The van der Waals surface area contributed by atoms with Crippen LogP contribution in [0.1, 0.15) is 40.9 Å². The van der Waals surface area contributed by atoms with E-state index in [2.05, 4.69) is 58.7 Å². The van der Waals surface area contributed by atoms with Crippen LogP contribution in [0.5, 0.6) is 0 Å². The maximum atomic E-state index is 5.73. The van der Waals surface area contributed by atoms with E-state index >= 15 is 0 Å². The molecule has 0 aliphatic rings. The van der Waals surface area contributed by atoms with Gasteiger partial charge in [0.05, 0.1) is 18.8 Å². The largest absolute Gasteiger partial charge is 0.381 e. The molecule has 1 aromatic heterocycles. The van der Waals surface area contributed by atoms with E-state index < -0.39 is 0 Å². The molecule has 0 amide bonds. The first-order chi connectivity index (χ1) is 13.2. The Balaban J connectivity index is 1.58. The molecule has 0 aliphatic carbocycles. The summed E-state index contributed by atoms with van der Waals surface area (Å²) in [6.45, 7) is 10.2. The summed E-state index contributed by atoms with van der Waals surface area (Å²) in [5, 5.41) is 7.74. The number of aromatic nitrogens is 1. The van der Waals surface area contributed by atoms with Crippen LogP contribution in [-0.4, -0.2) is 37.2 Å². The lowest BCUT2D eigenvalue weighted by Crippen LogP contribution is -2.37. The number of aryl methyl sites for hydroxylation is 2. The predicted octanol–water partition coefficient (Wildman–Crippen LogP) is 3.85. The van der Waals surface area contributed by atoms with E-state index in [9.17, 15) is 0 Å². The van der Waals surface area contributed by atoms with Crippen molar-refractivity contribution >= 4 is 17.3 Å². The maximum Gasteiger partial charge on any atom is 0.191 e. The Bertz CT molecular complexity index is 665. The number of guanidine groups is 1. The van der Waals surface area contributed by atoms with Crippen molar-refractivity contribution in [3.8, 4) is 0 Å². The molecule has 0 atom stereocenters. The highest BCUT2D eigenvalue weighted by molar-refractivity contribution is 7.11. The molecule has 2 N–H and O–H groups in total. The molecule has 0 bridgehead atoms. The number of nitrogens with one attached hydrogen (secondary N) is 2. The van der Waals surface area contributed by atoms with Gasteiger partial charge in [-0.05, 0) is 45.6 Å². The number of unbranched alkanes of at least 4 members (excludes halogenated alkanes) is 1. The summed E-state index contributed by atoms with van der Waals surface area (Å²) in [5.74, 6) is 0.855. The third kappa shape index (κ3) is 8.54. The van der Waals surface area contributed by atoms with E-state index in [-0.39, 0.29) is 0 Å². The summed E-state index contributed by atoms with van der Waals surface area (Å²) in [6.07, 6.45) is 3.09. The van der Waals surface area contributed by atoms with Gasteiger partial charge in [-0.1, -0.05) is 30.3 Å². The second kappa shape index (κ2) is 12.5. The summed E-state index contributed by atoms with van der Waals surface area (Å²) in [7, 11) is 0. The molecule has 0 aliphatic heterocycles. The molecular weight excluding hydrogens is 356 g/mol. The second-order valence-corrected chi connectivity index (χ2v) is 7.71. The Morgan fingerprint density at radius 2 is 1.93 bits per heavy atom. The lowest BCUT2D eigenvalue weighted by molar-refractivity contribution is 0.133. The number of ether oxygens (including phenoxy) is 1. The molecule has 148 valence electrons. The van der Waals surface area contributed by atoms with Crippen molar-refractivity contribution < 1.29 is 4.74 Å². The highest BCUT2D eigenvalue weighted by atomic mass is 32.1. The van der Waals surface area contributed by atoms with Gasteiger partial charge in [-0.25, -0.2) is 9.98 Å². The fraction of sp³-hybridized carbons (Fsp3) is 0.524.